The van der Waals surface area contributed by atoms with Crippen molar-refractivity contribution in [1.29, 1.82) is 0 Å². The monoisotopic (exact) mass is 364 g/mol. The molecule has 0 saturated heterocycles. The molecule has 26 heavy (non-hydrogen) atoms. The molecule has 0 spiro atoms. The van der Waals surface area contributed by atoms with Gasteiger partial charge in [0.15, 0.2) is 0 Å². The Balaban J connectivity index is 3.49. The molecule has 0 heterocycles. The van der Waals surface area contributed by atoms with Crippen LogP contribution in [0.1, 0.15) is 77.6 Å². The van der Waals surface area contributed by atoms with E-state index in [1.54, 1.807) is 0 Å². The van der Waals surface area contributed by atoms with Gasteiger partial charge in [-0.15, -0.1) is 0 Å². The van der Waals surface area contributed by atoms with E-state index in [-0.39, 0.29) is 12.5 Å². The first-order valence-electron chi connectivity index (χ1n) is 9.84. The molecule has 0 rings (SSSR count). The lowest BCUT2D eigenvalue weighted by Gasteiger charge is -2.05. The molecule has 0 aromatic heterocycles. The zero-order valence-electron chi connectivity index (χ0n) is 16.2. The lowest BCUT2D eigenvalue weighted by Crippen LogP contribution is -2.05. The van der Waals surface area contributed by atoms with Gasteiger partial charge >= 0.3 is 5.97 Å². The molecule has 0 aliphatic carbocycles. The van der Waals surface area contributed by atoms with E-state index in [9.17, 15) is 4.79 Å². The Morgan fingerprint density at radius 3 is 2.15 bits per heavy atom. The summed E-state index contributed by atoms with van der Waals surface area (Å²) in [5, 5.41) is 17.3. The molecule has 0 unspecified atom stereocenters. The average molecular weight is 365 g/mol. The minimum atomic E-state index is -0.744. The molecule has 4 nitrogen and oxygen atoms in total. The first-order chi connectivity index (χ1) is 12.7. The van der Waals surface area contributed by atoms with Crippen LogP contribution < -0.4 is 0 Å². The second-order valence-electron chi connectivity index (χ2n) is 6.29. The molecular weight excluding hydrogens is 328 g/mol. The number of hydrogen-bond donors (Lipinski definition) is 2. The molecule has 0 bridgehead atoms. The maximum atomic E-state index is 10.3. The topological polar surface area (TPSA) is 66.8 Å². The van der Waals surface area contributed by atoms with Gasteiger partial charge in [0.1, 0.15) is 6.10 Å². The maximum Gasteiger partial charge on any atom is 0.303 e. The van der Waals surface area contributed by atoms with Crippen LogP contribution in [0.2, 0.25) is 0 Å². The van der Waals surface area contributed by atoms with Crippen molar-refractivity contribution in [3.8, 4) is 0 Å². The van der Waals surface area contributed by atoms with Gasteiger partial charge in [-0.2, -0.15) is 0 Å². The number of carboxylic acids is 1. The molecule has 4 heteroatoms. The first kappa shape index (κ1) is 24.4. The standard InChI is InChI=1S/C22H36O4/c1-2-3-15-18-21(26-25)19-16-13-11-9-7-5-4-6-8-10-12-14-17-20-22(23)24/h3,6,8,12,14-16,19,21,25H,2,4-5,7,9-11,13,17-18,20H2,1H3,(H,23,24)/b8-6-,14-12-,15-3-,19-16+/t21-/m0/s1. The quantitative estimate of drug-likeness (QED) is 0.134. The summed E-state index contributed by atoms with van der Waals surface area (Å²) in [5.74, 6) is -0.744. The average Bonchev–Trinajstić information content (AvgIpc) is 2.63. The third-order valence-corrected chi connectivity index (χ3v) is 3.88. The van der Waals surface area contributed by atoms with E-state index in [0.717, 1.165) is 32.1 Å². The highest BCUT2D eigenvalue weighted by molar-refractivity contribution is 5.66. The summed E-state index contributed by atoms with van der Waals surface area (Å²) in [7, 11) is 0. The van der Waals surface area contributed by atoms with Crippen molar-refractivity contribution in [1.82, 2.24) is 0 Å². The zero-order chi connectivity index (χ0) is 19.3. The van der Waals surface area contributed by atoms with Crippen molar-refractivity contribution < 1.29 is 20.0 Å². The number of carboxylic acid groups (broad SMARTS) is 1. The molecule has 0 aliphatic heterocycles. The van der Waals surface area contributed by atoms with E-state index in [1.165, 1.54) is 19.3 Å². The van der Waals surface area contributed by atoms with Crippen LogP contribution in [0.15, 0.2) is 48.6 Å². The summed E-state index contributed by atoms with van der Waals surface area (Å²) in [6.07, 6.45) is 26.5. The van der Waals surface area contributed by atoms with Crippen LogP contribution in [0.3, 0.4) is 0 Å². The number of unbranched alkanes of at least 4 members (excludes halogenated alkanes) is 5. The van der Waals surface area contributed by atoms with Crippen LogP contribution in [0.4, 0.5) is 0 Å². The number of aliphatic carboxylic acids is 1. The van der Waals surface area contributed by atoms with E-state index in [4.69, 9.17) is 10.4 Å². The highest BCUT2D eigenvalue weighted by Crippen LogP contribution is 2.08. The zero-order valence-corrected chi connectivity index (χ0v) is 16.2. The summed E-state index contributed by atoms with van der Waals surface area (Å²) in [5.41, 5.74) is 0. The number of allylic oxidation sites excluding steroid dienone is 6. The fourth-order valence-corrected chi connectivity index (χ4v) is 2.39. The number of hydrogen-bond acceptors (Lipinski definition) is 3. The lowest BCUT2D eigenvalue weighted by molar-refractivity contribution is -0.264. The second-order valence-corrected chi connectivity index (χ2v) is 6.29. The second kappa shape index (κ2) is 19.7. The Kier molecular flexibility index (Phi) is 18.4. The SMILES string of the molecule is CC/C=C\C[C@@H](/C=C/CCCCCC/C=C\C/C=C\CCC(=O)O)OO. The van der Waals surface area contributed by atoms with Crippen LogP contribution in [-0.4, -0.2) is 22.4 Å². The van der Waals surface area contributed by atoms with Gasteiger partial charge in [-0.05, 0) is 51.4 Å². The van der Waals surface area contributed by atoms with Gasteiger partial charge < -0.3 is 5.11 Å². The smallest absolute Gasteiger partial charge is 0.303 e. The van der Waals surface area contributed by atoms with Crippen molar-refractivity contribution in [3.63, 3.8) is 0 Å². The van der Waals surface area contributed by atoms with Crippen LogP contribution in [0.25, 0.3) is 0 Å². The van der Waals surface area contributed by atoms with Gasteiger partial charge in [-0.25, -0.2) is 4.89 Å². The van der Waals surface area contributed by atoms with Crippen LogP contribution in [-0.2, 0) is 9.68 Å². The Bertz CT molecular complexity index is 435. The summed E-state index contributed by atoms with van der Waals surface area (Å²) >= 11 is 0. The Morgan fingerprint density at radius 1 is 0.885 bits per heavy atom. The minimum absolute atomic E-state index is 0.207. The van der Waals surface area contributed by atoms with Crippen LogP contribution in [0.5, 0.6) is 0 Å². The van der Waals surface area contributed by atoms with E-state index in [2.05, 4.69) is 36.1 Å². The molecule has 1 atom stereocenters. The molecule has 0 saturated carbocycles. The molecule has 0 fully saturated rings. The van der Waals surface area contributed by atoms with Crippen molar-refractivity contribution >= 4 is 5.97 Å². The highest BCUT2D eigenvalue weighted by atomic mass is 17.1. The summed E-state index contributed by atoms with van der Waals surface area (Å²) < 4.78 is 0. The fraction of sp³-hybridized carbons (Fsp3) is 0.591. The fourth-order valence-electron chi connectivity index (χ4n) is 2.39. The number of rotatable bonds is 17. The van der Waals surface area contributed by atoms with Gasteiger partial charge in [0, 0.05) is 6.42 Å². The van der Waals surface area contributed by atoms with Gasteiger partial charge in [-0.1, -0.05) is 68.4 Å². The van der Waals surface area contributed by atoms with Gasteiger partial charge in [-0.3, -0.25) is 10.1 Å². The van der Waals surface area contributed by atoms with E-state index in [0.29, 0.717) is 12.8 Å². The predicted octanol–water partition coefficient (Wildman–Crippen LogP) is 6.47. The van der Waals surface area contributed by atoms with Crippen molar-refractivity contribution in [2.75, 3.05) is 0 Å². The normalized spacial score (nSPS) is 13.6. The maximum absolute atomic E-state index is 10.3. The highest BCUT2D eigenvalue weighted by Gasteiger charge is 2.00. The molecule has 0 radical (unpaired) electrons. The van der Waals surface area contributed by atoms with Crippen molar-refractivity contribution in [2.24, 2.45) is 0 Å². The molecule has 0 aromatic carbocycles. The molecule has 0 aliphatic rings. The third kappa shape index (κ3) is 18.7. The van der Waals surface area contributed by atoms with E-state index < -0.39 is 5.97 Å². The number of carbonyl (C=O) groups is 1. The summed E-state index contributed by atoms with van der Waals surface area (Å²) in [4.78, 5) is 14.8. The van der Waals surface area contributed by atoms with Crippen molar-refractivity contribution in [2.45, 2.75) is 83.7 Å². The van der Waals surface area contributed by atoms with Crippen molar-refractivity contribution in [3.05, 3.63) is 48.6 Å². The third-order valence-electron chi connectivity index (χ3n) is 3.88. The summed E-state index contributed by atoms with van der Waals surface area (Å²) in [6, 6.07) is 0. The largest absolute Gasteiger partial charge is 0.481 e. The molecule has 0 amide bonds. The molecule has 148 valence electrons. The van der Waals surface area contributed by atoms with E-state index >= 15 is 0 Å². The first-order valence-corrected chi connectivity index (χ1v) is 9.84. The Hall–Kier alpha value is -1.65. The van der Waals surface area contributed by atoms with Crippen LogP contribution in [0, 0.1) is 0 Å². The Labute approximate surface area is 158 Å². The lowest BCUT2D eigenvalue weighted by atomic mass is 10.1. The van der Waals surface area contributed by atoms with Crippen LogP contribution >= 0.6 is 0 Å². The summed E-state index contributed by atoms with van der Waals surface area (Å²) in [6.45, 7) is 2.08. The molecule has 0 aromatic rings. The molecular formula is C22H36O4. The Morgan fingerprint density at radius 2 is 1.54 bits per heavy atom. The van der Waals surface area contributed by atoms with E-state index in [1.807, 2.05) is 24.3 Å². The van der Waals surface area contributed by atoms with Gasteiger partial charge in [0.25, 0.3) is 0 Å². The predicted molar refractivity (Wildman–Crippen MR) is 108 cm³/mol. The minimum Gasteiger partial charge on any atom is -0.481 e. The molecule has 2 N–H and O–H groups in total. The van der Waals surface area contributed by atoms with Gasteiger partial charge in [0.2, 0.25) is 0 Å². The van der Waals surface area contributed by atoms with Gasteiger partial charge in [0.05, 0.1) is 0 Å².